The Morgan fingerprint density at radius 3 is 2.90 bits per heavy atom. The van der Waals surface area contributed by atoms with Crippen LogP contribution < -0.4 is 15.8 Å². The van der Waals surface area contributed by atoms with Gasteiger partial charge in [0.05, 0.1) is 0 Å². The first-order valence-corrected chi connectivity index (χ1v) is 7.90. The van der Waals surface area contributed by atoms with Crippen molar-refractivity contribution in [2.24, 2.45) is 5.73 Å². The zero-order chi connectivity index (χ0) is 15.2. The first-order valence-electron chi connectivity index (χ1n) is 7.11. The van der Waals surface area contributed by atoms with Gasteiger partial charge in [-0.2, -0.15) is 0 Å². The second-order valence-electron chi connectivity index (χ2n) is 5.21. The average Bonchev–Trinajstić information content (AvgIpc) is 2.46. The largest absolute Gasteiger partial charge is 0.483 e. The Bertz CT molecular complexity index is 488. The number of carbonyl (C=O) groups excluding carboxylic acids is 1. The Morgan fingerprint density at radius 1 is 1.52 bits per heavy atom. The molecule has 1 fully saturated rings. The molecule has 0 spiro atoms. The molecule has 1 amide bonds. The summed E-state index contributed by atoms with van der Waals surface area (Å²) in [7, 11) is 0. The minimum Gasteiger partial charge on any atom is -0.483 e. The zero-order valence-corrected chi connectivity index (χ0v) is 13.7. The number of nitrogens with one attached hydrogen (secondary N) is 1. The first-order chi connectivity index (χ1) is 10.1. The standard InChI is InChI=1S/C15H21BrN2O3/c1-10(17)13-3-2-11(16)8-14(13)21-9-15(19)18-12-4-6-20-7-5-12/h2-3,8,10,12H,4-7,9,17H2,1H3,(H,18,19)/t10-/m0/s1. The van der Waals surface area contributed by atoms with E-state index >= 15 is 0 Å². The van der Waals surface area contributed by atoms with Gasteiger partial charge in [-0.3, -0.25) is 4.79 Å². The molecule has 0 radical (unpaired) electrons. The number of nitrogens with two attached hydrogens (primary N) is 1. The van der Waals surface area contributed by atoms with E-state index in [0.29, 0.717) is 19.0 Å². The number of benzene rings is 1. The maximum atomic E-state index is 11.9. The maximum absolute atomic E-state index is 11.9. The molecule has 0 aliphatic carbocycles. The predicted octanol–water partition coefficient (Wildman–Crippen LogP) is 2.14. The molecular weight excluding hydrogens is 336 g/mol. The average molecular weight is 357 g/mol. The molecule has 1 heterocycles. The van der Waals surface area contributed by atoms with Gasteiger partial charge >= 0.3 is 0 Å². The van der Waals surface area contributed by atoms with E-state index in [-0.39, 0.29) is 24.6 Å². The lowest BCUT2D eigenvalue weighted by molar-refractivity contribution is -0.124. The van der Waals surface area contributed by atoms with Gasteiger partial charge in [-0.05, 0) is 31.9 Å². The SMILES string of the molecule is C[C@H](N)c1ccc(Br)cc1OCC(=O)NC1CCOCC1. The highest BCUT2D eigenvalue weighted by molar-refractivity contribution is 9.10. The van der Waals surface area contributed by atoms with Crippen molar-refractivity contribution in [1.82, 2.24) is 5.32 Å². The van der Waals surface area contributed by atoms with E-state index in [1.807, 2.05) is 25.1 Å². The summed E-state index contributed by atoms with van der Waals surface area (Å²) < 4.78 is 11.8. The summed E-state index contributed by atoms with van der Waals surface area (Å²) in [6.07, 6.45) is 1.71. The van der Waals surface area contributed by atoms with E-state index in [0.717, 1.165) is 22.9 Å². The van der Waals surface area contributed by atoms with Gasteiger partial charge in [-0.1, -0.05) is 22.0 Å². The minimum atomic E-state index is -0.147. The first kappa shape index (κ1) is 16.3. The quantitative estimate of drug-likeness (QED) is 0.847. The number of hydrogen-bond donors (Lipinski definition) is 2. The molecule has 1 saturated heterocycles. The van der Waals surface area contributed by atoms with Gasteiger partial charge in [0.2, 0.25) is 0 Å². The predicted molar refractivity (Wildman–Crippen MR) is 84.2 cm³/mol. The van der Waals surface area contributed by atoms with Crippen molar-refractivity contribution in [2.45, 2.75) is 31.8 Å². The van der Waals surface area contributed by atoms with Crippen molar-refractivity contribution in [3.8, 4) is 5.75 Å². The van der Waals surface area contributed by atoms with Crippen LogP contribution in [0.5, 0.6) is 5.75 Å². The van der Waals surface area contributed by atoms with Crippen LogP contribution in [0.2, 0.25) is 0 Å². The van der Waals surface area contributed by atoms with Crippen LogP contribution in [0.3, 0.4) is 0 Å². The number of amides is 1. The summed E-state index contributed by atoms with van der Waals surface area (Å²) in [6, 6.07) is 5.69. The summed E-state index contributed by atoms with van der Waals surface area (Å²) in [5.41, 5.74) is 6.80. The summed E-state index contributed by atoms with van der Waals surface area (Å²) in [4.78, 5) is 11.9. The van der Waals surface area contributed by atoms with Crippen molar-refractivity contribution in [3.05, 3.63) is 28.2 Å². The fourth-order valence-corrected chi connectivity index (χ4v) is 2.60. The molecule has 0 unspecified atom stereocenters. The topological polar surface area (TPSA) is 73.6 Å². The van der Waals surface area contributed by atoms with E-state index in [9.17, 15) is 4.79 Å². The number of ether oxygens (including phenoxy) is 2. The minimum absolute atomic E-state index is 0.00642. The van der Waals surface area contributed by atoms with E-state index < -0.39 is 0 Å². The normalized spacial score (nSPS) is 17.3. The zero-order valence-electron chi connectivity index (χ0n) is 12.1. The third kappa shape index (κ3) is 4.98. The lowest BCUT2D eigenvalue weighted by Gasteiger charge is -2.23. The van der Waals surface area contributed by atoms with Gasteiger partial charge < -0.3 is 20.5 Å². The van der Waals surface area contributed by atoms with Gasteiger partial charge in [0.1, 0.15) is 5.75 Å². The Balaban J connectivity index is 1.89. The molecule has 116 valence electrons. The van der Waals surface area contributed by atoms with E-state index in [4.69, 9.17) is 15.2 Å². The lowest BCUT2D eigenvalue weighted by Crippen LogP contribution is -2.41. The van der Waals surface area contributed by atoms with Crippen LogP contribution in [-0.2, 0) is 9.53 Å². The molecule has 3 N–H and O–H groups in total. The van der Waals surface area contributed by atoms with E-state index in [2.05, 4.69) is 21.2 Å². The summed E-state index contributed by atoms with van der Waals surface area (Å²) >= 11 is 3.40. The number of rotatable bonds is 5. The molecule has 1 atom stereocenters. The van der Waals surface area contributed by atoms with Crippen LogP contribution in [0.4, 0.5) is 0 Å². The molecule has 0 bridgehead atoms. The molecule has 5 nitrogen and oxygen atoms in total. The molecule has 1 aliphatic rings. The third-order valence-electron chi connectivity index (χ3n) is 3.41. The van der Waals surface area contributed by atoms with Gasteiger partial charge in [-0.15, -0.1) is 0 Å². The van der Waals surface area contributed by atoms with Crippen molar-refractivity contribution in [2.75, 3.05) is 19.8 Å². The van der Waals surface area contributed by atoms with E-state index in [1.165, 1.54) is 0 Å². The van der Waals surface area contributed by atoms with Gasteiger partial charge in [-0.25, -0.2) is 0 Å². The third-order valence-corrected chi connectivity index (χ3v) is 3.90. The van der Waals surface area contributed by atoms with Crippen LogP contribution >= 0.6 is 15.9 Å². The van der Waals surface area contributed by atoms with Crippen LogP contribution in [0.15, 0.2) is 22.7 Å². The summed E-state index contributed by atoms with van der Waals surface area (Å²) in [6.45, 7) is 3.28. The summed E-state index contributed by atoms with van der Waals surface area (Å²) in [5.74, 6) is 0.527. The van der Waals surface area contributed by atoms with E-state index in [1.54, 1.807) is 0 Å². The lowest BCUT2D eigenvalue weighted by atomic mass is 10.1. The number of halogens is 1. The van der Waals surface area contributed by atoms with Crippen LogP contribution in [0.1, 0.15) is 31.4 Å². The van der Waals surface area contributed by atoms with Crippen molar-refractivity contribution >= 4 is 21.8 Å². The second kappa shape index (κ2) is 7.77. The van der Waals surface area contributed by atoms with Gasteiger partial charge in [0.15, 0.2) is 6.61 Å². The Kier molecular flexibility index (Phi) is 6.02. The van der Waals surface area contributed by atoms with Crippen molar-refractivity contribution < 1.29 is 14.3 Å². The summed E-state index contributed by atoms with van der Waals surface area (Å²) in [5, 5.41) is 2.97. The van der Waals surface area contributed by atoms with Crippen LogP contribution in [0, 0.1) is 0 Å². The van der Waals surface area contributed by atoms with Gasteiger partial charge in [0, 0.05) is 35.3 Å². The smallest absolute Gasteiger partial charge is 0.258 e. The fraction of sp³-hybridized carbons (Fsp3) is 0.533. The molecule has 0 saturated carbocycles. The molecule has 1 aliphatic heterocycles. The maximum Gasteiger partial charge on any atom is 0.258 e. The highest BCUT2D eigenvalue weighted by Crippen LogP contribution is 2.27. The molecule has 0 aromatic heterocycles. The fourth-order valence-electron chi connectivity index (χ4n) is 2.26. The molecular formula is C15H21BrN2O3. The van der Waals surface area contributed by atoms with Crippen molar-refractivity contribution in [3.63, 3.8) is 0 Å². The van der Waals surface area contributed by atoms with Crippen LogP contribution in [0.25, 0.3) is 0 Å². The molecule has 2 rings (SSSR count). The molecule has 21 heavy (non-hydrogen) atoms. The molecule has 1 aromatic carbocycles. The Labute approximate surface area is 133 Å². The molecule has 1 aromatic rings. The number of hydrogen-bond acceptors (Lipinski definition) is 4. The van der Waals surface area contributed by atoms with Crippen LogP contribution in [-0.4, -0.2) is 31.8 Å². The molecule has 6 heteroatoms. The van der Waals surface area contributed by atoms with Crippen molar-refractivity contribution in [1.29, 1.82) is 0 Å². The highest BCUT2D eigenvalue weighted by Gasteiger charge is 2.17. The second-order valence-corrected chi connectivity index (χ2v) is 6.13. The number of carbonyl (C=O) groups is 1. The Hall–Kier alpha value is -1.11. The monoisotopic (exact) mass is 356 g/mol. The Morgan fingerprint density at radius 2 is 2.24 bits per heavy atom. The highest BCUT2D eigenvalue weighted by atomic mass is 79.9. The van der Waals surface area contributed by atoms with Gasteiger partial charge in [0.25, 0.3) is 5.91 Å².